The van der Waals surface area contributed by atoms with Crippen molar-refractivity contribution in [2.75, 3.05) is 31.6 Å². The minimum atomic E-state index is -0.993. The summed E-state index contributed by atoms with van der Waals surface area (Å²) in [4.78, 5) is 20.2. The third-order valence-corrected chi connectivity index (χ3v) is 5.80. The van der Waals surface area contributed by atoms with E-state index in [-0.39, 0.29) is 18.0 Å². The summed E-state index contributed by atoms with van der Waals surface area (Å²) in [6, 6.07) is 11.4. The Kier molecular flexibility index (Phi) is 8.72. The number of carbonyl (C=O) groups is 1. The molecule has 0 aliphatic rings. The highest BCUT2D eigenvalue weighted by molar-refractivity contribution is 6.10. The molecule has 9 heteroatoms. The number of carboxylic acid groups (broad SMARTS) is 1. The lowest BCUT2D eigenvalue weighted by Gasteiger charge is -2.12. The fraction of sp³-hybridized carbons (Fsp3) is 0.296. The van der Waals surface area contributed by atoms with Gasteiger partial charge >= 0.3 is 5.97 Å². The number of unbranched alkanes of at least 4 members (excludes halogenated alkanes) is 1. The standard InChI is InChI=1S/C27H29FN4O4/c28-21-12-18(11-19(13-21)17-33)15-29-6-1-2-9-36-10-8-31-26-23-5-7-30-16-24(23)22-4-3-20(27(34)35)14-25(22)32-26/h3-5,7,11-14,16,29,33H,1-2,6,8-10,15,17H2,(H,31,32)(H,34,35). The number of anilines is 1. The zero-order valence-electron chi connectivity index (χ0n) is 19.8. The number of hydrogen-bond donors (Lipinski definition) is 4. The van der Waals surface area contributed by atoms with Gasteiger partial charge in [-0.3, -0.25) is 4.98 Å². The summed E-state index contributed by atoms with van der Waals surface area (Å²) in [5.41, 5.74) is 2.17. The minimum absolute atomic E-state index is 0.174. The van der Waals surface area contributed by atoms with Crippen LogP contribution in [0.4, 0.5) is 10.2 Å². The van der Waals surface area contributed by atoms with E-state index >= 15 is 0 Å². The van der Waals surface area contributed by atoms with Crippen LogP contribution >= 0.6 is 0 Å². The molecule has 2 aromatic heterocycles. The van der Waals surface area contributed by atoms with Crippen LogP contribution in [0.1, 0.15) is 34.3 Å². The second kappa shape index (κ2) is 12.3. The first-order valence-electron chi connectivity index (χ1n) is 11.9. The molecule has 0 fully saturated rings. The van der Waals surface area contributed by atoms with E-state index in [0.717, 1.165) is 41.1 Å². The third kappa shape index (κ3) is 6.51. The molecule has 0 amide bonds. The normalized spacial score (nSPS) is 11.3. The minimum Gasteiger partial charge on any atom is -0.478 e. The Morgan fingerprint density at radius 2 is 1.83 bits per heavy atom. The molecule has 8 nitrogen and oxygen atoms in total. The van der Waals surface area contributed by atoms with Crippen molar-refractivity contribution in [3.8, 4) is 0 Å². The number of aromatic carboxylic acids is 1. The van der Waals surface area contributed by atoms with Crippen molar-refractivity contribution in [2.24, 2.45) is 0 Å². The second-order valence-electron chi connectivity index (χ2n) is 8.47. The average Bonchev–Trinajstić information content (AvgIpc) is 2.89. The summed E-state index contributed by atoms with van der Waals surface area (Å²) in [6.07, 6.45) is 5.27. The van der Waals surface area contributed by atoms with E-state index in [4.69, 9.17) is 9.84 Å². The van der Waals surface area contributed by atoms with Crippen LogP contribution in [0.25, 0.3) is 21.7 Å². The van der Waals surface area contributed by atoms with E-state index in [1.807, 2.05) is 6.07 Å². The molecule has 0 aliphatic carbocycles. The van der Waals surface area contributed by atoms with Gasteiger partial charge in [-0.2, -0.15) is 0 Å². The summed E-state index contributed by atoms with van der Waals surface area (Å²) in [5, 5.41) is 27.7. The highest BCUT2D eigenvalue weighted by Gasteiger charge is 2.11. The van der Waals surface area contributed by atoms with Gasteiger partial charge in [-0.15, -0.1) is 0 Å². The number of carboxylic acids is 1. The first-order chi connectivity index (χ1) is 17.5. The van der Waals surface area contributed by atoms with Crippen LogP contribution in [0.3, 0.4) is 0 Å². The van der Waals surface area contributed by atoms with E-state index in [1.165, 1.54) is 12.1 Å². The number of halogens is 1. The molecule has 0 saturated heterocycles. The zero-order valence-corrected chi connectivity index (χ0v) is 19.8. The molecule has 36 heavy (non-hydrogen) atoms. The predicted octanol–water partition coefficient (Wildman–Crippen LogP) is 4.11. The van der Waals surface area contributed by atoms with Gasteiger partial charge in [0, 0.05) is 48.2 Å². The maximum absolute atomic E-state index is 13.5. The zero-order chi connectivity index (χ0) is 25.3. The first kappa shape index (κ1) is 25.4. The van der Waals surface area contributed by atoms with E-state index < -0.39 is 5.97 Å². The van der Waals surface area contributed by atoms with Crippen molar-refractivity contribution in [3.05, 3.63) is 77.4 Å². The first-order valence-corrected chi connectivity index (χ1v) is 11.9. The lowest BCUT2D eigenvalue weighted by Crippen LogP contribution is -2.16. The second-order valence-corrected chi connectivity index (χ2v) is 8.47. The largest absolute Gasteiger partial charge is 0.478 e. The average molecular weight is 493 g/mol. The Balaban J connectivity index is 1.20. The number of nitrogens with zero attached hydrogens (tertiary/aromatic N) is 2. The highest BCUT2D eigenvalue weighted by atomic mass is 19.1. The molecule has 4 rings (SSSR count). The van der Waals surface area contributed by atoms with Gasteiger partial charge in [-0.25, -0.2) is 14.2 Å². The van der Waals surface area contributed by atoms with Crippen LogP contribution in [0.5, 0.6) is 0 Å². The van der Waals surface area contributed by atoms with Crippen molar-refractivity contribution >= 4 is 33.5 Å². The Morgan fingerprint density at radius 3 is 2.67 bits per heavy atom. The number of aliphatic hydroxyl groups excluding tert-OH is 1. The van der Waals surface area contributed by atoms with Crippen LogP contribution in [0.15, 0.2) is 54.9 Å². The summed E-state index contributed by atoms with van der Waals surface area (Å²) >= 11 is 0. The summed E-state index contributed by atoms with van der Waals surface area (Å²) in [7, 11) is 0. The SMILES string of the molecule is O=C(O)c1ccc2c(c1)nc(NCCOCCCCNCc1cc(F)cc(CO)c1)c1ccncc12. The fourth-order valence-electron chi connectivity index (χ4n) is 4.06. The van der Waals surface area contributed by atoms with Gasteiger partial charge in [0.15, 0.2) is 0 Å². The van der Waals surface area contributed by atoms with Crippen molar-refractivity contribution < 1.29 is 24.1 Å². The molecular weight excluding hydrogens is 463 g/mol. The molecule has 0 aliphatic heterocycles. The molecule has 4 N–H and O–H groups in total. The van der Waals surface area contributed by atoms with Crippen molar-refractivity contribution in [2.45, 2.75) is 26.0 Å². The van der Waals surface area contributed by atoms with Crippen LogP contribution in [0, 0.1) is 5.82 Å². The quantitative estimate of drug-likeness (QED) is 0.163. The molecule has 0 unspecified atom stereocenters. The van der Waals surface area contributed by atoms with Gasteiger partial charge in [0.05, 0.1) is 24.3 Å². The van der Waals surface area contributed by atoms with E-state index in [2.05, 4.69) is 20.6 Å². The Bertz CT molecular complexity index is 1350. The summed E-state index contributed by atoms with van der Waals surface area (Å²) in [5.74, 6) is -0.668. The van der Waals surface area contributed by atoms with Gasteiger partial charge in [0.1, 0.15) is 11.6 Å². The number of rotatable bonds is 13. The topological polar surface area (TPSA) is 117 Å². The van der Waals surface area contributed by atoms with E-state index in [1.54, 1.807) is 36.7 Å². The molecular formula is C27H29FN4O4. The molecule has 2 aromatic carbocycles. The Labute approximate surface area is 208 Å². The Hall–Kier alpha value is -3.66. The van der Waals surface area contributed by atoms with Gasteiger partial charge in [0.25, 0.3) is 0 Å². The molecule has 0 saturated carbocycles. The van der Waals surface area contributed by atoms with Gasteiger partial charge < -0.3 is 25.6 Å². The molecule has 0 atom stereocenters. The lowest BCUT2D eigenvalue weighted by molar-refractivity contribution is 0.0697. The van der Waals surface area contributed by atoms with Crippen molar-refractivity contribution in [3.63, 3.8) is 0 Å². The fourth-order valence-corrected chi connectivity index (χ4v) is 4.06. The van der Waals surface area contributed by atoms with E-state index in [9.17, 15) is 14.3 Å². The lowest BCUT2D eigenvalue weighted by atomic mass is 10.1. The molecule has 188 valence electrons. The molecule has 0 spiro atoms. The van der Waals surface area contributed by atoms with Gasteiger partial charge in [0.2, 0.25) is 0 Å². The number of nitrogens with one attached hydrogen (secondary N) is 2. The monoisotopic (exact) mass is 492 g/mol. The molecule has 0 radical (unpaired) electrons. The van der Waals surface area contributed by atoms with Crippen molar-refractivity contribution in [1.29, 1.82) is 0 Å². The van der Waals surface area contributed by atoms with Gasteiger partial charge in [-0.1, -0.05) is 12.1 Å². The maximum Gasteiger partial charge on any atom is 0.335 e. The van der Waals surface area contributed by atoms with Crippen LogP contribution in [-0.2, 0) is 17.9 Å². The maximum atomic E-state index is 13.5. The highest BCUT2D eigenvalue weighted by Crippen LogP contribution is 2.29. The number of benzene rings is 2. The molecule has 0 bridgehead atoms. The smallest absolute Gasteiger partial charge is 0.335 e. The predicted molar refractivity (Wildman–Crippen MR) is 137 cm³/mol. The third-order valence-electron chi connectivity index (χ3n) is 5.80. The number of hydrogen-bond acceptors (Lipinski definition) is 7. The summed E-state index contributed by atoms with van der Waals surface area (Å²) < 4.78 is 19.2. The number of ether oxygens (including phenoxy) is 1. The van der Waals surface area contributed by atoms with E-state index in [0.29, 0.717) is 43.2 Å². The van der Waals surface area contributed by atoms with Crippen LogP contribution in [-0.4, -0.2) is 52.5 Å². The number of aromatic nitrogens is 2. The number of fused-ring (bicyclic) bond motifs is 3. The number of aliphatic hydroxyl groups is 1. The Morgan fingerprint density at radius 1 is 0.972 bits per heavy atom. The van der Waals surface area contributed by atoms with Crippen LogP contribution < -0.4 is 10.6 Å². The van der Waals surface area contributed by atoms with Crippen molar-refractivity contribution in [1.82, 2.24) is 15.3 Å². The summed E-state index contributed by atoms with van der Waals surface area (Å²) in [6.45, 7) is 2.84. The number of pyridine rings is 2. The van der Waals surface area contributed by atoms with Gasteiger partial charge in [-0.05, 0) is 60.8 Å². The molecule has 2 heterocycles. The van der Waals surface area contributed by atoms with Crippen LogP contribution in [0.2, 0.25) is 0 Å². The molecule has 4 aromatic rings.